The van der Waals surface area contributed by atoms with Crippen LogP contribution in [0, 0.1) is 10.8 Å². The number of carboxylic acid groups (broad SMARTS) is 1. The zero-order valence-electron chi connectivity index (χ0n) is 7.50. The van der Waals surface area contributed by atoms with E-state index in [9.17, 15) is 9.59 Å². The molecule has 0 heterocycles. The summed E-state index contributed by atoms with van der Waals surface area (Å²) in [5.41, 5.74) is -0.999. The second kappa shape index (κ2) is 2.25. The summed E-state index contributed by atoms with van der Waals surface area (Å²) < 4.78 is 4.88. The molecule has 4 heteroatoms. The Morgan fingerprint density at radius 1 is 1.31 bits per heavy atom. The monoisotopic (exact) mass is 184 g/mol. The lowest BCUT2D eigenvalue weighted by Crippen LogP contribution is -2.68. The standard InChI is InChI=1S/C9H12O4/c1-2-13-7(12)9-3-8(4-9,5-9)6(10)11/h2-5H2,1H3,(H,10,11)/t8-,9-. The number of rotatable bonds is 3. The fraction of sp³-hybridized carbons (Fsp3) is 0.778. The average molecular weight is 184 g/mol. The van der Waals surface area contributed by atoms with Crippen molar-refractivity contribution in [2.75, 3.05) is 6.61 Å². The second-order valence-electron chi connectivity index (χ2n) is 4.12. The third-order valence-corrected chi connectivity index (χ3v) is 3.19. The van der Waals surface area contributed by atoms with E-state index in [0.29, 0.717) is 25.9 Å². The lowest BCUT2D eigenvalue weighted by Gasteiger charge is -2.65. The highest BCUT2D eigenvalue weighted by atomic mass is 16.5. The van der Waals surface area contributed by atoms with Gasteiger partial charge in [-0.15, -0.1) is 0 Å². The molecule has 13 heavy (non-hydrogen) atoms. The Hall–Kier alpha value is -1.06. The Morgan fingerprint density at radius 3 is 2.23 bits per heavy atom. The Morgan fingerprint density at radius 2 is 1.85 bits per heavy atom. The molecular weight excluding hydrogens is 172 g/mol. The van der Waals surface area contributed by atoms with Gasteiger partial charge in [-0.25, -0.2) is 0 Å². The van der Waals surface area contributed by atoms with Crippen molar-refractivity contribution in [3.05, 3.63) is 0 Å². The van der Waals surface area contributed by atoms with E-state index >= 15 is 0 Å². The fourth-order valence-electron chi connectivity index (χ4n) is 2.52. The van der Waals surface area contributed by atoms with Crippen LogP contribution in [0.25, 0.3) is 0 Å². The number of carboxylic acids is 1. The molecule has 0 radical (unpaired) electrons. The molecule has 0 aromatic rings. The maximum Gasteiger partial charge on any atom is 0.312 e. The van der Waals surface area contributed by atoms with E-state index in [2.05, 4.69) is 0 Å². The highest BCUT2D eigenvalue weighted by Gasteiger charge is 2.76. The molecule has 1 N–H and O–H groups in total. The summed E-state index contributed by atoms with van der Waals surface area (Å²) in [6.45, 7) is 2.14. The zero-order valence-corrected chi connectivity index (χ0v) is 7.50. The molecule has 0 spiro atoms. The van der Waals surface area contributed by atoms with Gasteiger partial charge in [0.25, 0.3) is 0 Å². The van der Waals surface area contributed by atoms with Crippen LogP contribution in [0.2, 0.25) is 0 Å². The van der Waals surface area contributed by atoms with Crippen LogP contribution >= 0.6 is 0 Å². The fourth-order valence-corrected chi connectivity index (χ4v) is 2.52. The van der Waals surface area contributed by atoms with E-state index in [1.807, 2.05) is 0 Å². The number of ether oxygens (including phenoxy) is 1. The molecule has 0 aromatic heterocycles. The minimum atomic E-state index is -0.765. The number of hydrogen-bond donors (Lipinski definition) is 1. The largest absolute Gasteiger partial charge is 0.481 e. The number of hydrogen-bond acceptors (Lipinski definition) is 3. The van der Waals surface area contributed by atoms with Gasteiger partial charge in [-0.3, -0.25) is 9.59 Å². The molecule has 3 aliphatic rings. The average Bonchev–Trinajstić information content (AvgIpc) is 1.79. The first-order valence-electron chi connectivity index (χ1n) is 4.45. The number of carbonyl (C=O) groups is 2. The first kappa shape index (κ1) is 8.53. The Labute approximate surface area is 75.9 Å². The first-order valence-corrected chi connectivity index (χ1v) is 4.45. The van der Waals surface area contributed by atoms with Gasteiger partial charge >= 0.3 is 11.9 Å². The van der Waals surface area contributed by atoms with Crippen molar-refractivity contribution in [3.8, 4) is 0 Å². The van der Waals surface area contributed by atoms with Crippen molar-refractivity contribution < 1.29 is 19.4 Å². The first-order chi connectivity index (χ1) is 6.05. The third-order valence-electron chi connectivity index (χ3n) is 3.19. The molecular formula is C9H12O4. The van der Waals surface area contributed by atoms with Gasteiger partial charge in [0, 0.05) is 0 Å². The van der Waals surface area contributed by atoms with E-state index in [4.69, 9.17) is 9.84 Å². The van der Waals surface area contributed by atoms with Gasteiger partial charge in [0.1, 0.15) is 0 Å². The topological polar surface area (TPSA) is 63.6 Å². The predicted molar refractivity (Wildman–Crippen MR) is 43.0 cm³/mol. The van der Waals surface area contributed by atoms with E-state index in [0.717, 1.165) is 0 Å². The van der Waals surface area contributed by atoms with Crippen molar-refractivity contribution in [3.63, 3.8) is 0 Å². The number of aliphatic carboxylic acids is 1. The molecule has 3 saturated carbocycles. The molecule has 0 unspecified atom stereocenters. The summed E-state index contributed by atoms with van der Waals surface area (Å²) in [6.07, 6.45) is 1.44. The van der Waals surface area contributed by atoms with Crippen molar-refractivity contribution >= 4 is 11.9 Å². The van der Waals surface area contributed by atoms with Crippen LogP contribution in [0.15, 0.2) is 0 Å². The summed E-state index contributed by atoms with van der Waals surface area (Å²) in [4.78, 5) is 22.0. The van der Waals surface area contributed by atoms with Crippen LogP contribution in [0.5, 0.6) is 0 Å². The minimum absolute atomic E-state index is 0.210. The summed E-state index contributed by atoms with van der Waals surface area (Å²) in [7, 11) is 0. The van der Waals surface area contributed by atoms with Gasteiger partial charge in [-0.05, 0) is 26.2 Å². The highest BCUT2D eigenvalue weighted by molar-refractivity contribution is 5.90. The van der Waals surface area contributed by atoms with Gasteiger partial charge in [-0.1, -0.05) is 0 Å². The molecule has 0 atom stereocenters. The van der Waals surface area contributed by atoms with E-state index in [1.165, 1.54) is 0 Å². The van der Waals surface area contributed by atoms with Gasteiger partial charge in [0.05, 0.1) is 17.4 Å². The van der Waals surface area contributed by atoms with Crippen molar-refractivity contribution in [1.82, 2.24) is 0 Å². The van der Waals surface area contributed by atoms with Gasteiger partial charge in [0.2, 0.25) is 0 Å². The van der Waals surface area contributed by atoms with Crippen LogP contribution < -0.4 is 0 Å². The normalized spacial score (nSPS) is 40.1. The zero-order chi connectivity index (χ0) is 9.69. The Bertz CT molecular complexity index is 262. The van der Waals surface area contributed by atoms with Crippen LogP contribution in [0.4, 0.5) is 0 Å². The highest BCUT2D eigenvalue weighted by Crippen LogP contribution is 2.73. The molecule has 4 nitrogen and oxygen atoms in total. The molecule has 2 bridgehead atoms. The Balaban J connectivity index is 1.96. The van der Waals surface area contributed by atoms with E-state index in [1.54, 1.807) is 6.92 Å². The third kappa shape index (κ3) is 0.857. The number of esters is 1. The molecule has 3 aliphatic carbocycles. The quantitative estimate of drug-likeness (QED) is 0.659. The maximum atomic E-state index is 11.3. The van der Waals surface area contributed by atoms with Gasteiger partial charge in [0.15, 0.2) is 0 Å². The van der Waals surface area contributed by atoms with Crippen molar-refractivity contribution in [2.24, 2.45) is 10.8 Å². The molecule has 3 rings (SSSR count). The summed E-state index contributed by atoms with van der Waals surface area (Å²) in [6, 6.07) is 0. The summed E-state index contributed by atoms with van der Waals surface area (Å²) in [5.74, 6) is -0.975. The SMILES string of the molecule is CCOC(=O)[C@]12C[C@@](C(=O)O)(C1)C2. The van der Waals surface area contributed by atoms with Crippen LogP contribution in [0.1, 0.15) is 26.2 Å². The van der Waals surface area contributed by atoms with E-state index in [-0.39, 0.29) is 5.97 Å². The minimum Gasteiger partial charge on any atom is -0.481 e. The van der Waals surface area contributed by atoms with Crippen LogP contribution in [0.3, 0.4) is 0 Å². The molecule has 0 saturated heterocycles. The Kier molecular flexibility index (Phi) is 1.47. The van der Waals surface area contributed by atoms with Crippen LogP contribution in [-0.4, -0.2) is 23.7 Å². The lowest BCUT2D eigenvalue weighted by molar-refractivity contribution is -0.233. The van der Waals surface area contributed by atoms with Crippen LogP contribution in [-0.2, 0) is 14.3 Å². The molecule has 0 amide bonds. The molecule has 72 valence electrons. The van der Waals surface area contributed by atoms with Crippen molar-refractivity contribution in [1.29, 1.82) is 0 Å². The van der Waals surface area contributed by atoms with Gasteiger partial charge < -0.3 is 9.84 Å². The molecule has 3 fully saturated rings. The predicted octanol–water partition coefficient (Wildman–Crippen LogP) is 0.804. The van der Waals surface area contributed by atoms with Crippen molar-refractivity contribution in [2.45, 2.75) is 26.2 Å². The smallest absolute Gasteiger partial charge is 0.312 e. The summed E-state index contributed by atoms with van der Waals surface area (Å²) >= 11 is 0. The van der Waals surface area contributed by atoms with E-state index < -0.39 is 16.8 Å². The lowest BCUT2D eigenvalue weighted by atomic mass is 9.35. The maximum absolute atomic E-state index is 11.3. The number of carbonyl (C=O) groups excluding carboxylic acids is 1. The summed E-state index contributed by atoms with van der Waals surface area (Å²) in [5, 5.41) is 8.80. The second-order valence-corrected chi connectivity index (χ2v) is 4.12. The molecule has 0 aromatic carbocycles. The molecule has 0 aliphatic heterocycles. The van der Waals surface area contributed by atoms with Gasteiger partial charge in [-0.2, -0.15) is 0 Å².